The van der Waals surface area contributed by atoms with E-state index in [9.17, 15) is 14.7 Å². The van der Waals surface area contributed by atoms with E-state index in [1.165, 1.54) is 77.0 Å². The molecule has 0 heterocycles. The fourth-order valence-electron chi connectivity index (χ4n) is 5.15. The Morgan fingerprint density at radius 1 is 0.469 bits per heavy atom. The number of hydrogen-bond acceptors (Lipinski definition) is 5. The molecule has 0 fully saturated rings. The number of ether oxygens (including phenoxy) is 2. The average molecular weight is 683 g/mol. The number of allylic oxidation sites excluding steroid dienone is 12. The van der Waals surface area contributed by atoms with Crippen LogP contribution in [0.1, 0.15) is 174 Å². The standard InChI is InChI=1S/C44H74O5/c1-3-5-7-9-11-13-15-17-19-20-21-22-23-24-25-27-29-31-33-35-37-39-44(47)49-42(40-45)41-48-43(46)38-36-34-32-30-28-26-18-16-14-12-10-8-6-4-2/h10,12,16,18-20,22-23,25,27,31,33,42,45H,3-9,11,13-15,17,21,24,26,28-30,32,34-41H2,1-2H3/b12-10+,18-16+,20-19+,23-22+,27-25+,33-31+/t42-/m0/s1. The van der Waals surface area contributed by atoms with Crippen LogP contribution < -0.4 is 0 Å². The summed E-state index contributed by atoms with van der Waals surface area (Å²) in [4.78, 5) is 24.2. The molecule has 280 valence electrons. The van der Waals surface area contributed by atoms with Gasteiger partial charge in [-0.15, -0.1) is 0 Å². The molecule has 0 spiro atoms. The summed E-state index contributed by atoms with van der Waals surface area (Å²) in [6.07, 6.45) is 52.5. The van der Waals surface area contributed by atoms with Crippen LogP contribution in [0.5, 0.6) is 0 Å². The largest absolute Gasteiger partial charge is 0.462 e. The van der Waals surface area contributed by atoms with Crippen molar-refractivity contribution in [3.05, 3.63) is 72.9 Å². The molecule has 0 aliphatic heterocycles. The molecule has 0 amide bonds. The molecule has 0 saturated carbocycles. The third-order valence-electron chi connectivity index (χ3n) is 8.22. The van der Waals surface area contributed by atoms with Crippen molar-refractivity contribution in [2.75, 3.05) is 13.2 Å². The zero-order chi connectivity index (χ0) is 35.7. The fourth-order valence-corrected chi connectivity index (χ4v) is 5.15. The van der Waals surface area contributed by atoms with Gasteiger partial charge in [-0.25, -0.2) is 0 Å². The second-order valence-corrected chi connectivity index (χ2v) is 13.0. The number of carbonyl (C=O) groups excluding carboxylic acids is 2. The summed E-state index contributed by atoms with van der Waals surface area (Å²) in [5.74, 6) is -0.678. The third-order valence-corrected chi connectivity index (χ3v) is 8.22. The number of hydrogen-bond donors (Lipinski definition) is 1. The summed E-state index contributed by atoms with van der Waals surface area (Å²) >= 11 is 0. The molecule has 0 aromatic rings. The zero-order valence-corrected chi connectivity index (χ0v) is 31.7. The Morgan fingerprint density at radius 3 is 1.35 bits per heavy atom. The number of carbonyl (C=O) groups is 2. The van der Waals surface area contributed by atoms with E-state index in [0.29, 0.717) is 12.8 Å². The second-order valence-electron chi connectivity index (χ2n) is 13.0. The van der Waals surface area contributed by atoms with E-state index >= 15 is 0 Å². The summed E-state index contributed by atoms with van der Waals surface area (Å²) in [7, 11) is 0. The van der Waals surface area contributed by atoms with Crippen LogP contribution in [0.25, 0.3) is 0 Å². The number of aliphatic hydroxyl groups is 1. The van der Waals surface area contributed by atoms with Crippen molar-refractivity contribution in [3.8, 4) is 0 Å². The quantitative estimate of drug-likeness (QED) is 0.0409. The molecule has 0 radical (unpaired) electrons. The minimum absolute atomic E-state index is 0.0986. The van der Waals surface area contributed by atoms with Gasteiger partial charge in [0.2, 0.25) is 0 Å². The molecule has 1 atom stereocenters. The Labute approximate surface area is 302 Å². The van der Waals surface area contributed by atoms with Crippen molar-refractivity contribution in [1.29, 1.82) is 0 Å². The van der Waals surface area contributed by atoms with Crippen LogP contribution in [0, 0.1) is 0 Å². The average Bonchev–Trinajstić information content (AvgIpc) is 3.10. The number of esters is 2. The van der Waals surface area contributed by atoms with Crippen LogP contribution in [0.4, 0.5) is 0 Å². The summed E-state index contributed by atoms with van der Waals surface area (Å²) < 4.78 is 10.5. The van der Waals surface area contributed by atoms with E-state index in [-0.39, 0.29) is 31.6 Å². The van der Waals surface area contributed by atoms with Crippen molar-refractivity contribution in [2.45, 2.75) is 180 Å². The lowest BCUT2D eigenvalue weighted by Gasteiger charge is -2.15. The normalized spacial score (nSPS) is 13.0. The highest BCUT2D eigenvalue weighted by Crippen LogP contribution is 2.11. The van der Waals surface area contributed by atoms with Gasteiger partial charge in [0.05, 0.1) is 6.61 Å². The first-order chi connectivity index (χ1) is 24.1. The van der Waals surface area contributed by atoms with Gasteiger partial charge in [-0.05, 0) is 77.0 Å². The predicted octanol–water partition coefficient (Wildman–Crippen LogP) is 12.6. The molecule has 0 aliphatic rings. The van der Waals surface area contributed by atoms with Gasteiger partial charge in [0, 0.05) is 12.8 Å². The Morgan fingerprint density at radius 2 is 0.857 bits per heavy atom. The van der Waals surface area contributed by atoms with Gasteiger partial charge in [0.25, 0.3) is 0 Å². The predicted molar refractivity (Wildman–Crippen MR) is 210 cm³/mol. The monoisotopic (exact) mass is 683 g/mol. The van der Waals surface area contributed by atoms with Gasteiger partial charge in [-0.1, -0.05) is 157 Å². The molecular formula is C44H74O5. The van der Waals surface area contributed by atoms with Crippen molar-refractivity contribution in [2.24, 2.45) is 0 Å². The van der Waals surface area contributed by atoms with E-state index in [1.54, 1.807) is 0 Å². The molecule has 1 N–H and O–H groups in total. The molecule has 0 bridgehead atoms. The van der Waals surface area contributed by atoms with E-state index in [1.807, 2.05) is 0 Å². The molecule has 0 aromatic heterocycles. The molecule has 0 rings (SSSR count). The lowest BCUT2D eigenvalue weighted by molar-refractivity contribution is -0.161. The number of rotatable bonds is 35. The maximum Gasteiger partial charge on any atom is 0.306 e. The molecular weight excluding hydrogens is 608 g/mol. The van der Waals surface area contributed by atoms with Gasteiger partial charge in [-0.2, -0.15) is 0 Å². The van der Waals surface area contributed by atoms with Gasteiger partial charge in [0.15, 0.2) is 6.10 Å². The van der Waals surface area contributed by atoms with Crippen LogP contribution in [0.15, 0.2) is 72.9 Å². The van der Waals surface area contributed by atoms with Crippen LogP contribution in [-0.2, 0) is 19.1 Å². The van der Waals surface area contributed by atoms with E-state index < -0.39 is 6.10 Å². The SMILES string of the molecule is CCCC/C=C/C/C=C/CCCCCCCC(=O)OC[C@H](CO)OC(=O)CCC/C=C/C/C=C/C/C=C/C/C=C/CCCCCCCCC. The van der Waals surface area contributed by atoms with Crippen LogP contribution in [-0.4, -0.2) is 36.4 Å². The molecule has 0 aliphatic carbocycles. The fraction of sp³-hybridized carbons (Fsp3) is 0.682. The smallest absolute Gasteiger partial charge is 0.306 e. The van der Waals surface area contributed by atoms with Gasteiger partial charge in [0.1, 0.15) is 6.61 Å². The highest BCUT2D eigenvalue weighted by atomic mass is 16.6. The topological polar surface area (TPSA) is 72.8 Å². The van der Waals surface area contributed by atoms with Crippen molar-refractivity contribution >= 4 is 11.9 Å². The Kier molecular flexibility index (Phi) is 37.6. The first-order valence-electron chi connectivity index (χ1n) is 20.0. The van der Waals surface area contributed by atoms with Crippen LogP contribution in [0.3, 0.4) is 0 Å². The summed E-state index contributed by atoms with van der Waals surface area (Å²) in [5, 5.41) is 9.54. The Hall–Kier alpha value is -2.66. The molecule has 5 heteroatoms. The number of aliphatic hydroxyl groups excluding tert-OH is 1. The molecule has 0 aromatic carbocycles. The lowest BCUT2D eigenvalue weighted by atomic mass is 10.1. The van der Waals surface area contributed by atoms with Crippen molar-refractivity contribution in [3.63, 3.8) is 0 Å². The van der Waals surface area contributed by atoms with Crippen LogP contribution >= 0.6 is 0 Å². The minimum atomic E-state index is -0.808. The minimum Gasteiger partial charge on any atom is -0.462 e. The summed E-state index contributed by atoms with van der Waals surface area (Å²) in [6, 6.07) is 0. The summed E-state index contributed by atoms with van der Waals surface area (Å²) in [6.45, 7) is 4.02. The summed E-state index contributed by atoms with van der Waals surface area (Å²) in [5.41, 5.74) is 0. The highest BCUT2D eigenvalue weighted by Gasteiger charge is 2.15. The Balaban J connectivity index is 3.71. The maximum atomic E-state index is 12.2. The zero-order valence-electron chi connectivity index (χ0n) is 31.7. The van der Waals surface area contributed by atoms with Gasteiger partial charge in [-0.3, -0.25) is 9.59 Å². The first-order valence-corrected chi connectivity index (χ1v) is 20.0. The second kappa shape index (κ2) is 39.8. The van der Waals surface area contributed by atoms with E-state index in [4.69, 9.17) is 9.47 Å². The molecule has 49 heavy (non-hydrogen) atoms. The lowest BCUT2D eigenvalue weighted by Crippen LogP contribution is -2.28. The van der Waals surface area contributed by atoms with Gasteiger partial charge >= 0.3 is 11.9 Å². The van der Waals surface area contributed by atoms with Gasteiger partial charge < -0.3 is 14.6 Å². The first kappa shape index (κ1) is 46.3. The van der Waals surface area contributed by atoms with Crippen molar-refractivity contribution in [1.82, 2.24) is 0 Å². The van der Waals surface area contributed by atoms with E-state index in [0.717, 1.165) is 64.2 Å². The Bertz CT molecular complexity index is 910. The maximum absolute atomic E-state index is 12.2. The van der Waals surface area contributed by atoms with Crippen molar-refractivity contribution < 1.29 is 24.2 Å². The molecule has 0 saturated heterocycles. The van der Waals surface area contributed by atoms with E-state index in [2.05, 4.69) is 86.8 Å². The molecule has 0 unspecified atom stereocenters. The third kappa shape index (κ3) is 38.0. The molecule has 5 nitrogen and oxygen atoms in total. The van der Waals surface area contributed by atoms with Crippen LogP contribution in [0.2, 0.25) is 0 Å². The number of unbranched alkanes of at least 4 members (excludes halogenated alkanes) is 15. The highest BCUT2D eigenvalue weighted by molar-refractivity contribution is 5.70.